The van der Waals surface area contributed by atoms with Crippen LogP contribution in [0.2, 0.25) is 5.02 Å². The molecule has 0 bridgehead atoms. The zero-order valence-corrected chi connectivity index (χ0v) is 13.1. The third kappa shape index (κ3) is 2.83. The molecule has 0 fully saturated rings. The molecule has 3 aromatic rings. The Bertz CT molecular complexity index is 855. The molecule has 1 aromatic heterocycles. The first-order chi connectivity index (χ1) is 10.6. The van der Waals surface area contributed by atoms with Gasteiger partial charge in [-0.05, 0) is 42.8 Å². The minimum Gasteiger partial charge on any atom is -0.436 e. The van der Waals surface area contributed by atoms with Crippen molar-refractivity contribution < 1.29 is 9.21 Å². The lowest BCUT2D eigenvalue weighted by Gasteiger charge is -2.07. The summed E-state index contributed by atoms with van der Waals surface area (Å²) in [6, 6.07) is 11.2. The van der Waals surface area contributed by atoms with E-state index in [-0.39, 0.29) is 5.91 Å². The van der Waals surface area contributed by atoms with E-state index in [2.05, 4.69) is 10.3 Å². The predicted octanol–water partition coefficient (Wildman–Crippen LogP) is 4.81. The average molecular weight is 315 g/mol. The Morgan fingerprint density at radius 3 is 2.86 bits per heavy atom. The number of carbonyl (C=O) groups excluding carboxylic acids is 1. The molecule has 0 saturated heterocycles. The lowest BCUT2D eigenvalue weighted by atomic mass is 10.2. The van der Waals surface area contributed by atoms with Crippen molar-refractivity contribution in [3.05, 3.63) is 47.0 Å². The van der Waals surface area contributed by atoms with E-state index in [0.29, 0.717) is 23.0 Å². The standard InChI is InChI=1S/C17H15ClN2O2/c1-3-16(21)19-14-9-11(5-6-12(14)18)17-20-13-7-4-10(2)8-15(13)22-17/h4-9H,3H2,1-2H3,(H,19,21). The first-order valence-corrected chi connectivity index (χ1v) is 7.41. The maximum absolute atomic E-state index is 11.6. The van der Waals surface area contributed by atoms with Crippen LogP contribution in [0.4, 0.5) is 5.69 Å². The number of amides is 1. The Balaban J connectivity index is 2.02. The van der Waals surface area contributed by atoms with Crippen molar-refractivity contribution in [3.8, 4) is 11.5 Å². The number of oxazole rings is 1. The first-order valence-electron chi connectivity index (χ1n) is 7.04. The van der Waals surface area contributed by atoms with Gasteiger partial charge in [0.2, 0.25) is 11.8 Å². The number of rotatable bonds is 3. The van der Waals surface area contributed by atoms with Crippen LogP contribution in [0.25, 0.3) is 22.6 Å². The second-order valence-electron chi connectivity index (χ2n) is 5.09. The molecule has 0 radical (unpaired) electrons. The van der Waals surface area contributed by atoms with Gasteiger partial charge in [-0.2, -0.15) is 0 Å². The van der Waals surface area contributed by atoms with Crippen LogP contribution in [0, 0.1) is 6.92 Å². The van der Waals surface area contributed by atoms with Gasteiger partial charge in [0.05, 0.1) is 10.7 Å². The first kappa shape index (κ1) is 14.6. The van der Waals surface area contributed by atoms with E-state index in [9.17, 15) is 4.79 Å². The molecule has 0 aliphatic rings. The molecule has 4 nitrogen and oxygen atoms in total. The van der Waals surface area contributed by atoms with Crippen molar-refractivity contribution in [1.29, 1.82) is 0 Å². The second-order valence-corrected chi connectivity index (χ2v) is 5.49. The fraction of sp³-hybridized carbons (Fsp3) is 0.176. The molecule has 1 N–H and O–H groups in total. The summed E-state index contributed by atoms with van der Waals surface area (Å²) in [6.07, 6.45) is 0.392. The van der Waals surface area contributed by atoms with Crippen molar-refractivity contribution in [3.63, 3.8) is 0 Å². The summed E-state index contributed by atoms with van der Waals surface area (Å²) in [5.74, 6) is 0.413. The quantitative estimate of drug-likeness (QED) is 0.755. The lowest BCUT2D eigenvalue weighted by Crippen LogP contribution is -2.09. The largest absolute Gasteiger partial charge is 0.436 e. The summed E-state index contributed by atoms with van der Waals surface area (Å²) in [4.78, 5) is 16.0. The van der Waals surface area contributed by atoms with Gasteiger partial charge >= 0.3 is 0 Å². The van der Waals surface area contributed by atoms with Gasteiger partial charge in [0.1, 0.15) is 5.52 Å². The monoisotopic (exact) mass is 314 g/mol. The van der Waals surface area contributed by atoms with Crippen LogP contribution in [0.15, 0.2) is 40.8 Å². The van der Waals surface area contributed by atoms with E-state index in [1.807, 2.05) is 31.2 Å². The maximum Gasteiger partial charge on any atom is 0.227 e. The predicted molar refractivity (Wildman–Crippen MR) is 88.1 cm³/mol. The third-order valence-corrected chi connectivity index (χ3v) is 3.68. The van der Waals surface area contributed by atoms with E-state index in [1.165, 1.54) is 0 Å². The highest BCUT2D eigenvalue weighted by atomic mass is 35.5. The zero-order valence-electron chi connectivity index (χ0n) is 12.3. The van der Waals surface area contributed by atoms with E-state index >= 15 is 0 Å². The van der Waals surface area contributed by atoms with E-state index in [4.69, 9.17) is 16.0 Å². The molecule has 5 heteroatoms. The van der Waals surface area contributed by atoms with Gasteiger partial charge in [0.15, 0.2) is 5.58 Å². The van der Waals surface area contributed by atoms with Crippen LogP contribution >= 0.6 is 11.6 Å². The number of nitrogens with zero attached hydrogens (tertiary/aromatic N) is 1. The minimum absolute atomic E-state index is 0.0905. The molecule has 0 unspecified atom stereocenters. The number of hydrogen-bond acceptors (Lipinski definition) is 3. The fourth-order valence-corrected chi connectivity index (χ4v) is 2.31. The number of hydrogen-bond donors (Lipinski definition) is 1. The topological polar surface area (TPSA) is 55.1 Å². The molecule has 22 heavy (non-hydrogen) atoms. The van der Waals surface area contributed by atoms with Gasteiger partial charge < -0.3 is 9.73 Å². The number of fused-ring (bicyclic) bond motifs is 1. The second kappa shape index (κ2) is 5.81. The van der Waals surface area contributed by atoms with Gasteiger partial charge in [0, 0.05) is 12.0 Å². The van der Waals surface area contributed by atoms with Gasteiger partial charge in [-0.15, -0.1) is 0 Å². The highest BCUT2D eigenvalue weighted by Crippen LogP contribution is 2.30. The fourth-order valence-electron chi connectivity index (χ4n) is 2.15. The van der Waals surface area contributed by atoms with Crippen LogP contribution in [0.3, 0.4) is 0 Å². The normalized spacial score (nSPS) is 10.9. The molecule has 1 amide bonds. The molecule has 0 saturated carbocycles. The van der Waals surface area contributed by atoms with E-state index in [0.717, 1.165) is 22.2 Å². The molecule has 3 rings (SSSR count). The van der Waals surface area contributed by atoms with Crippen LogP contribution in [-0.2, 0) is 4.79 Å². The summed E-state index contributed by atoms with van der Waals surface area (Å²) >= 11 is 6.12. The van der Waals surface area contributed by atoms with Gasteiger partial charge in [-0.1, -0.05) is 24.6 Å². The van der Waals surface area contributed by atoms with Crippen LogP contribution in [-0.4, -0.2) is 10.9 Å². The summed E-state index contributed by atoms with van der Waals surface area (Å²) < 4.78 is 5.79. The Morgan fingerprint density at radius 2 is 2.09 bits per heavy atom. The van der Waals surface area contributed by atoms with Crippen LogP contribution in [0.5, 0.6) is 0 Å². The average Bonchev–Trinajstić information content (AvgIpc) is 2.92. The van der Waals surface area contributed by atoms with E-state index < -0.39 is 0 Å². The van der Waals surface area contributed by atoms with Crippen molar-refractivity contribution in [1.82, 2.24) is 4.98 Å². The zero-order chi connectivity index (χ0) is 15.7. The van der Waals surface area contributed by atoms with Gasteiger partial charge in [-0.25, -0.2) is 4.98 Å². The molecule has 2 aromatic carbocycles. The number of aromatic nitrogens is 1. The Morgan fingerprint density at radius 1 is 1.27 bits per heavy atom. The molecular formula is C17H15ClN2O2. The SMILES string of the molecule is CCC(=O)Nc1cc(-c2nc3ccc(C)cc3o2)ccc1Cl. The van der Waals surface area contributed by atoms with Crippen molar-refractivity contribution in [2.24, 2.45) is 0 Å². The van der Waals surface area contributed by atoms with Gasteiger partial charge in [0.25, 0.3) is 0 Å². The molecular weight excluding hydrogens is 300 g/mol. The van der Waals surface area contributed by atoms with Crippen molar-refractivity contribution in [2.75, 3.05) is 5.32 Å². The van der Waals surface area contributed by atoms with Crippen molar-refractivity contribution in [2.45, 2.75) is 20.3 Å². The number of nitrogens with one attached hydrogen (secondary N) is 1. The Labute approximate surface area is 133 Å². The Kier molecular flexibility index (Phi) is 3.86. The Hall–Kier alpha value is -2.33. The van der Waals surface area contributed by atoms with E-state index in [1.54, 1.807) is 19.1 Å². The summed E-state index contributed by atoms with van der Waals surface area (Å²) in [5.41, 5.74) is 3.98. The molecule has 0 atom stereocenters. The number of benzene rings is 2. The number of carbonyl (C=O) groups is 1. The summed E-state index contributed by atoms with van der Waals surface area (Å²) in [7, 11) is 0. The van der Waals surface area contributed by atoms with Crippen LogP contribution < -0.4 is 5.32 Å². The van der Waals surface area contributed by atoms with Crippen LogP contribution in [0.1, 0.15) is 18.9 Å². The number of aryl methyl sites for hydroxylation is 1. The lowest BCUT2D eigenvalue weighted by molar-refractivity contribution is -0.115. The number of anilines is 1. The number of halogens is 1. The smallest absolute Gasteiger partial charge is 0.227 e. The summed E-state index contributed by atoms with van der Waals surface area (Å²) in [5, 5.41) is 3.26. The molecule has 0 aliphatic heterocycles. The highest BCUT2D eigenvalue weighted by molar-refractivity contribution is 6.33. The maximum atomic E-state index is 11.6. The molecule has 0 spiro atoms. The minimum atomic E-state index is -0.0905. The van der Waals surface area contributed by atoms with Crippen molar-refractivity contribution >= 4 is 34.3 Å². The summed E-state index contributed by atoms with van der Waals surface area (Å²) in [6.45, 7) is 3.79. The highest BCUT2D eigenvalue weighted by Gasteiger charge is 2.11. The molecule has 1 heterocycles. The third-order valence-electron chi connectivity index (χ3n) is 3.35. The molecule has 0 aliphatic carbocycles. The molecule has 112 valence electrons. The van der Waals surface area contributed by atoms with Gasteiger partial charge in [-0.3, -0.25) is 4.79 Å².